The van der Waals surface area contributed by atoms with Gasteiger partial charge in [-0.05, 0) is 29.6 Å². The molecule has 7 nitrogen and oxygen atoms in total. The Morgan fingerprint density at radius 3 is 2.61 bits per heavy atom. The number of nitrogens with zero attached hydrogens (tertiary/aromatic N) is 1. The van der Waals surface area contributed by atoms with Crippen LogP contribution < -0.4 is 20.3 Å². The van der Waals surface area contributed by atoms with Crippen molar-refractivity contribution in [2.75, 3.05) is 17.1 Å². The summed E-state index contributed by atoms with van der Waals surface area (Å²) in [4.78, 5) is 12.3. The minimum Gasteiger partial charge on any atom is -0.494 e. The smallest absolute Gasteiger partial charge is 0.262 e. The Kier molecular flexibility index (Phi) is 5.77. The lowest BCUT2D eigenvalue weighted by Gasteiger charge is -2.19. The number of nitrogens with one attached hydrogen (secondary N) is 2. The summed E-state index contributed by atoms with van der Waals surface area (Å²) < 4.78 is 49.0. The van der Waals surface area contributed by atoms with Gasteiger partial charge < -0.3 is 10.1 Å². The van der Waals surface area contributed by atoms with E-state index in [2.05, 4.69) is 26.0 Å². The molecule has 3 rings (SSSR count). The Hall–Kier alpha value is -2.37. The fourth-order valence-electron chi connectivity index (χ4n) is 2.40. The van der Waals surface area contributed by atoms with Crippen molar-refractivity contribution in [1.29, 1.82) is 0 Å². The van der Waals surface area contributed by atoms with E-state index in [-0.39, 0.29) is 27.8 Å². The Morgan fingerprint density at radius 2 is 2.00 bits per heavy atom. The third-order valence-corrected chi connectivity index (χ3v) is 6.52. The van der Waals surface area contributed by atoms with E-state index in [1.54, 1.807) is 11.4 Å². The van der Waals surface area contributed by atoms with Gasteiger partial charge in [-0.2, -0.15) is 11.3 Å². The van der Waals surface area contributed by atoms with E-state index < -0.39 is 21.4 Å². The summed E-state index contributed by atoms with van der Waals surface area (Å²) in [7, 11) is -1.20. The van der Waals surface area contributed by atoms with Crippen LogP contribution in [-0.4, -0.2) is 20.1 Å². The van der Waals surface area contributed by atoms with Crippen molar-refractivity contribution in [3.63, 3.8) is 0 Å². The molecule has 3 aromatic rings. The fraction of sp³-hybridized carbons (Fsp3) is 0.118. The molecule has 2 heterocycles. The van der Waals surface area contributed by atoms with Gasteiger partial charge in [0.1, 0.15) is 17.3 Å². The van der Waals surface area contributed by atoms with Gasteiger partial charge in [0.05, 0.1) is 17.7 Å². The molecule has 0 spiro atoms. The second-order valence-corrected chi connectivity index (χ2v) is 9.03. The van der Waals surface area contributed by atoms with Crippen molar-refractivity contribution in [3.05, 3.63) is 61.7 Å². The third kappa shape index (κ3) is 4.05. The highest BCUT2D eigenvalue weighted by Crippen LogP contribution is 2.35. The summed E-state index contributed by atoms with van der Waals surface area (Å²) in [6.45, 7) is 0. The maximum Gasteiger partial charge on any atom is 0.262 e. The quantitative estimate of drug-likeness (QED) is 0.550. The number of anilines is 3. The molecule has 0 saturated carbocycles. The monoisotopic (exact) mass is 487 g/mol. The lowest BCUT2D eigenvalue weighted by molar-refractivity contribution is 0.415. The van der Waals surface area contributed by atoms with Crippen molar-refractivity contribution >= 4 is 54.5 Å². The largest absolute Gasteiger partial charge is 0.494 e. The Bertz CT molecular complexity index is 1180. The number of aromatic nitrogens is 1. The molecule has 0 atom stereocenters. The first-order valence-electron chi connectivity index (χ1n) is 7.78. The first kappa shape index (κ1) is 20.4. The molecule has 0 bridgehead atoms. The highest BCUT2D eigenvalue weighted by molar-refractivity contribution is 9.10. The second-order valence-electron chi connectivity index (χ2n) is 5.65. The summed E-state index contributed by atoms with van der Waals surface area (Å²) in [6, 6.07) is 6.91. The van der Waals surface area contributed by atoms with Crippen molar-refractivity contribution in [2.24, 2.45) is 7.05 Å². The van der Waals surface area contributed by atoms with Gasteiger partial charge in [0.2, 0.25) is 0 Å². The number of thiophene rings is 1. The van der Waals surface area contributed by atoms with E-state index in [1.807, 2.05) is 0 Å². The van der Waals surface area contributed by atoms with Crippen molar-refractivity contribution < 1.29 is 17.5 Å². The SMILES string of the molecule is COc1cc(=O)n(C)c(Nc2ccc(Br)cc2F)c1NS(=O)(=O)c1ccsc1. The van der Waals surface area contributed by atoms with Gasteiger partial charge in [-0.1, -0.05) is 15.9 Å². The van der Waals surface area contributed by atoms with Gasteiger partial charge in [0.15, 0.2) is 5.75 Å². The summed E-state index contributed by atoms with van der Waals surface area (Å²) in [5.41, 5.74) is -0.420. The summed E-state index contributed by atoms with van der Waals surface area (Å²) >= 11 is 4.40. The predicted octanol–water partition coefficient (Wildman–Crippen LogP) is 3.90. The van der Waals surface area contributed by atoms with Crippen LogP contribution in [0.3, 0.4) is 0 Å². The minimum atomic E-state index is -3.94. The number of hydrogen-bond donors (Lipinski definition) is 2. The zero-order chi connectivity index (χ0) is 20.5. The van der Waals surface area contributed by atoms with E-state index in [4.69, 9.17) is 4.74 Å². The highest BCUT2D eigenvalue weighted by Gasteiger charge is 2.23. The van der Waals surface area contributed by atoms with E-state index in [0.717, 1.165) is 10.6 Å². The number of sulfonamides is 1. The van der Waals surface area contributed by atoms with Crippen LogP contribution in [0.15, 0.2) is 55.3 Å². The maximum absolute atomic E-state index is 14.3. The van der Waals surface area contributed by atoms with Gasteiger partial charge in [0, 0.05) is 23.0 Å². The molecule has 0 unspecified atom stereocenters. The van der Waals surface area contributed by atoms with Crippen LogP contribution in [0.1, 0.15) is 0 Å². The first-order chi connectivity index (χ1) is 13.2. The Labute approximate surface area is 173 Å². The molecule has 1 aromatic carbocycles. The summed E-state index contributed by atoms with van der Waals surface area (Å²) in [5.74, 6) is -0.553. The minimum absolute atomic E-state index is 0.00178. The van der Waals surface area contributed by atoms with Gasteiger partial charge >= 0.3 is 0 Å². The first-order valence-corrected chi connectivity index (χ1v) is 11.0. The fourth-order valence-corrected chi connectivity index (χ4v) is 4.84. The maximum atomic E-state index is 14.3. The molecule has 11 heteroatoms. The van der Waals surface area contributed by atoms with Gasteiger partial charge in [0.25, 0.3) is 15.6 Å². The number of ether oxygens (including phenoxy) is 1. The second kappa shape index (κ2) is 7.94. The van der Waals surface area contributed by atoms with E-state index in [0.29, 0.717) is 4.47 Å². The number of rotatable bonds is 6. The Morgan fingerprint density at radius 1 is 1.25 bits per heavy atom. The van der Waals surface area contributed by atoms with Crippen molar-refractivity contribution in [2.45, 2.75) is 4.90 Å². The van der Waals surface area contributed by atoms with Crippen LogP contribution >= 0.6 is 27.3 Å². The number of pyridine rings is 1. The molecule has 0 saturated heterocycles. The third-order valence-electron chi connectivity index (χ3n) is 3.85. The van der Waals surface area contributed by atoms with Gasteiger partial charge in [-0.3, -0.25) is 14.1 Å². The summed E-state index contributed by atoms with van der Waals surface area (Å²) in [6.07, 6.45) is 0. The number of methoxy groups -OCH3 is 1. The molecule has 28 heavy (non-hydrogen) atoms. The van der Waals surface area contributed by atoms with E-state index >= 15 is 0 Å². The van der Waals surface area contributed by atoms with Crippen LogP contribution in [0.2, 0.25) is 0 Å². The lowest BCUT2D eigenvalue weighted by atomic mass is 10.3. The Balaban J connectivity index is 2.15. The molecular formula is C17H15BrFN3O4S2. The molecule has 2 N–H and O–H groups in total. The topological polar surface area (TPSA) is 89.4 Å². The molecule has 0 aliphatic heterocycles. The number of benzene rings is 1. The van der Waals surface area contributed by atoms with E-state index in [9.17, 15) is 17.6 Å². The molecule has 0 aliphatic carbocycles. The average molecular weight is 488 g/mol. The lowest BCUT2D eigenvalue weighted by Crippen LogP contribution is -2.23. The molecule has 2 aromatic heterocycles. The number of halogens is 2. The molecule has 0 aliphatic rings. The zero-order valence-electron chi connectivity index (χ0n) is 14.7. The molecule has 0 amide bonds. The number of hydrogen-bond acceptors (Lipinski definition) is 6. The van der Waals surface area contributed by atoms with Crippen molar-refractivity contribution in [3.8, 4) is 5.75 Å². The molecule has 0 fully saturated rings. The highest BCUT2D eigenvalue weighted by atomic mass is 79.9. The zero-order valence-corrected chi connectivity index (χ0v) is 17.9. The van der Waals surface area contributed by atoms with Gasteiger partial charge in [-0.15, -0.1) is 0 Å². The van der Waals surface area contributed by atoms with Crippen LogP contribution in [-0.2, 0) is 17.1 Å². The van der Waals surface area contributed by atoms with Crippen LogP contribution in [0.25, 0.3) is 0 Å². The van der Waals surface area contributed by atoms with Crippen LogP contribution in [0.4, 0.5) is 21.6 Å². The molecule has 0 radical (unpaired) electrons. The standard InChI is InChI=1S/C17H15BrFN3O4S2/c1-22-15(23)8-14(26-2)16(21-28(24,25)11-5-6-27-9-11)17(22)20-13-4-3-10(18)7-12(13)19/h3-9,20-21H,1-2H3. The van der Waals surface area contributed by atoms with Gasteiger partial charge in [-0.25, -0.2) is 12.8 Å². The van der Waals surface area contributed by atoms with Crippen LogP contribution in [0, 0.1) is 5.82 Å². The molecule has 148 valence electrons. The average Bonchev–Trinajstić information content (AvgIpc) is 3.18. The normalized spacial score (nSPS) is 11.3. The molecular weight excluding hydrogens is 473 g/mol. The van der Waals surface area contributed by atoms with Crippen LogP contribution in [0.5, 0.6) is 5.75 Å². The van der Waals surface area contributed by atoms with E-state index in [1.165, 1.54) is 49.1 Å². The van der Waals surface area contributed by atoms with Crippen molar-refractivity contribution in [1.82, 2.24) is 4.57 Å². The predicted molar refractivity (Wildman–Crippen MR) is 111 cm³/mol. The summed E-state index contributed by atoms with van der Waals surface area (Å²) in [5, 5.41) is 5.88.